The van der Waals surface area contributed by atoms with Crippen LogP contribution in [0.25, 0.3) is 0 Å². The molecular formula is C15H22. The van der Waals surface area contributed by atoms with E-state index in [0.29, 0.717) is 0 Å². The fraction of sp³-hybridized carbons (Fsp3) is 0.867. The van der Waals surface area contributed by atoms with Crippen molar-refractivity contribution in [2.75, 3.05) is 0 Å². The molecule has 0 aromatic heterocycles. The average molecular weight is 202 g/mol. The molecule has 4 fully saturated rings. The van der Waals surface area contributed by atoms with E-state index >= 15 is 0 Å². The van der Waals surface area contributed by atoms with Gasteiger partial charge in [-0.1, -0.05) is 13.0 Å². The van der Waals surface area contributed by atoms with Gasteiger partial charge in [-0.15, -0.1) is 6.58 Å². The van der Waals surface area contributed by atoms with E-state index in [-0.39, 0.29) is 0 Å². The minimum Gasteiger partial charge on any atom is -0.103 e. The van der Waals surface area contributed by atoms with Crippen LogP contribution in [0.5, 0.6) is 0 Å². The Labute approximate surface area is 93.1 Å². The largest absolute Gasteiger partial charge is 0.103 e. The minimum absolute atomic E-state index is 0.891. The molecule has 0 spiro atoms. The number of hydrogen-bond donors (Lipinski definition) is 0. The van der Waals surface area contributed by atoms with Crippen LogP contribution in [0.1, 0.15) is 32.6 Å². The fourth-order valence-corrected chi connectivity index (χ4v) is 6.26. The normalized spacial score (nSPS) is 64.9. The lowest BCUT2D eigenvalue weighted by atomic mass is 9.65. The van der Waals surface area contributed by atoms with Crippen LogP contribution < -0.4 is 0 Å². The maximum atomic E-state index is 4.06. The van der Waals surface area contributed by atoms with Gasteiger partial charge in [-0.2, -0.15) is 0 Å². The van der Waals surface area contributed by atoms with Gasteiger partial charge in [0.1, 0.15) is 0 Å². The van der Waals surface area contributed by atoms with Gasteiger partial charge in [0.05, 0.1) is 0 Å². The molecule has 0 aromatic rings. The Kier molecular flexibility index (Phi) is 1.59. The van der Waals surface area contributed by atoms with Crippen molar-refractivity contribution in [1.29, 1.82) is 0 Å². The highest BCUT2D eigenvalue weighted by atomic mass is 14.7. The molecule has 4 rings (SSSR count). The van der Waals surface area contributed by atoms with Crippen LogP contribution >= 0.6 is 0 Å². The van der Waals surface area contributed by atoms with Crippen LogP contribution in [-0.4, -0.2) is 0 Å². The van der Waals surface area contributed by atoms with Gasteiger partial charge in [-0.05, 0) is 73.0 Å². The molecule has 15 heavy (non-hydrogen) atoms. The van der Waals surface area contributed by atoms with E-state index in [1.807, 2.05) is 0 Å². The van der Waals surface area contributed by atoms with E-state index in [1.54, 1.807) is 19.3 Å². The highest BCUT2D eigenvalue weighted by Crippen LogP contribution is 2.70. The summed E-state index contributed by atoms with van der Waals surface area (Å²) < 4.78 is 0. The molecule has 0 heteroatoms. The van der Waals surface area contributed by atoms with Crippen molar-refractivity contribution in [2.45, 2.75) is 32.6 Å². The molecule has 4 saturated carbocycles. The third-order valence-electron chi connectivity index (χ3n) is 6.50. The first-order valence-corrected chi connectivity index (χ1v) is 6.92. The summed E-state index contributed by atoms with van der Waals surface area (Å²) in [6.45, 7) is 6.57. The van der Waals surface area contributed by atoms with Crippen molar-refractivity contribution in [3.63, 3.8) is 0 Å². The molecule has 8 unspecified atom stereocenters. The van der Waals surface area contributed by atoms with E-state index in [2.05, 4.69) is 19.6 Å². The summed E-state index contributed by atoms with van der Waals surface area (Å²) in [6, 6.07) is 0. The molecule has 8 atom stereocenters. The predicted octanol–water partition coefficient (Wildman–Crippen LogP) is 3.74. The lowest BCUT2D eigenvalue weighted by Crippen LogP contribution is -2.34. The maximum Gasteiger partial charge on any atom is -0.0202 e. The van der Waals surface area contributed by atoms with Crippen LogP contribution in [0.4, 0.5) is 0 Å². The minimum atomic E-state index is 0.891. The van der Waals surface area contributed by atoms with E-state index in [0.717, 1.165) is 47.3 Å². The summed E-state index contributed by atoms with van der Waals surface area (Å²) in [5.74, 6) is 8.62. The Morgan fingerprint density at radius 2 is 1.67 bits per heavy atom. The van der Waals surface area contributed by atoms with Crippen LogP contribution in [0.3, 0.4) is 0 Å². The molecule has 0 amide bonds. The monoisotopic (exact) mass is 202 g/mol. The lowest BCUT2D eigenvalue weighted by molar-refractivity contribution is 0.0922. The van der Waals surface area contributed by atoms with Crippen molar-refractivity contribution in [3.05, 3.63) is 12.7 Å². The predicted molar refractivity (Wildman–Crippen MR) is 62.3 cm³/mol. The highest BCUT2D eigenvalue weighted by Gasteiger charge is 2.63. The first-order valence-electron chi connectivity index (χ1n) is 6.92. The number of allylic oxidation sites excluding steroid dienone is 1. The summed E-state index contributed by atoms with van der Waals surface area (Å²) >= 11 is 0. The zero-order chi connectivity index (χ0) is 10.2. The van der Waals surface area contributed by atoms with Crippen molar-refractivity contribution in [3.8, 4) is 0 Å². The zero-order valence-corrected chi connectivity index (χ0v) is 9.73. The quantitative estimate of drug-likeness (QED) is 0.449. The average Bonchev–Trinajstić information content (AvgIpc) is 2.91. The first-order chi connectivity index (χ1) is 7.29. The fourth-order valence-electron chi connectivity index (χ4n) is 6.26. The molecule has 82 valence electrons. The number of rotatable bonds is 1. The second-order valence-electron chi connectivity index (χ2n) is 6.82. The van der Waals surface area contributed by atoms with Gasteiger partial charge in [0.2, 0.25) is 0 Å². The highest BCUT2D eigenvalue weighted by molar-refractivity contribution is 5.14. The van der Waals surface area contributed by atoms with Gasteiger partial charge in [0, 0.05) is 0 Å². The van der Waals surface area contributed by atoms with Gasteiger partial charge in [-0.25, -0.2) is 0 Å². The third-order valence-corrected chi connectivity index (χ3v) is 6.50. The van der Waals surface area contributed by atoms with E-state index in [9.17, 15) is 0 Å². The molecule has 0 nitrogen and oxygen atoms in total. The molecule has 4 aliphatic carbocycles. The number of hydrogen-bond acceptors (Lipinski definition) is 0. The summed E-state index contributed by atoms with van der Waals surface area (Å²) in [5, 5.41) is 0. The van der Waals surface area contributed by atoms with E-state index in [1.165, 1.54) is 6.42 Å². The van der Waals surface area contributed by atoms with Crippen LogP contribution in [-0.2, 0) is 0 Å². The molecule has 0 aromatic carbocycles. The van der Waals surface area contributed by atoms with Crippen molar-refractivity contribution >= 4 is 0 Å². The molecule has 4 aliphatic rings. The Morgan fingerprint density at radius 3 is 2.47 bits per heavy atom. The van der Waals surface area contributed by atoms with Crippen molar-refractivity contribution in [1.82, 2.24) is 0 Å². The Bertz CT molecular complexity index is 305. The lowest BCUT2D eigenvalue weighted by Gasteiger charge is -2.40. The maximum absolute atomic E-state index is 4.06. The van der Waals surface area contributed by atoms with Gasteiger partial charge >= 0.3 is 0 Å². The van der Waals surface area contributed by atoms with Gasteiger partial charge in [-0.3, -0.25) is 0 Å². The second kappa shape index (κ2) is 2.70. The van der Waals surface area contributed by atoms with Crippen molar-refractivity contribution in [2.24, 2.45) is 47.3 Å². The summed E-state index contributed by atoms with van der Waals surface area (Å²) in [6.07, 6.45) is 8.48. The van der Waals surface area contributed by atoms with Crippen molar-refractivity contribution < 1.29 is 0 Å². The SMILES string of the molecule is C=CC1CC2CC1C1C3CC(CC3C)C21. The first kappa shape index (κ1) is 8.84. The molecule has 0 heterocycles. The topological polar surface area (TPSA) is 0 Å². The van der Waals surface area contributed by atoms with Gasteiger partial charge in [0.15, 0.2) is 0 Å². The van der Waals surface area contributed by atoms with Crippen LogP contribution in [0, 0.1) is 47.3 Å². The molecule has 4 bridgehead atoms. The molecule has 0 saturated heterocycles. The molecule has 0 radical (unpaired) electrons. The molecule has 0 N–H and O–H groups in total. The second-order valence-corrected chi connectivity index (χ2v) is 6.82. The Balaban J connectivity index is 1.70. The Morgan fingerprint density at radius 1 is 0.933 bits per heavy atom. The summed E-state index contributed by atoms with van der Waals surface area (Å²) in [5.41, 5.74) is 0. The molecular weight excluding hydrogens is 180 g/mol. The molecule has 0 aliphatic heterocycles. The van der Waals surface area contributed by atoms with Crippen LogP contribution in [0.15, 0.2) is 12.7 Å². The summed E-state index contributed by atoms with van der Waals surface area (Å²) in [7, 11) is 0. The summed E-state index contributed by atoms with van der Waals surface area (Å²) in [4.78, 5) is 0. The Hall–Kier alpha value is -0.260. The van der Waals surface area contributed by atoms with E-state index in [4.69, 9.17) is 0 Å². The smallest absolute Gasteiger partial charge is 0.0202 e. The standard InChI is InChI=1S/C15H22/c1-3-9-5-11-7-13(9)15-12-6-10(14(11)15)4-8(12)2/h3,8-15H,1,4-7H2,2H3. The van der Waals surface area contributed by atoms with Gasteiger partial charge < -0.3 is 0 Å². The third kappa shape index (κ3) is 0.905. The van der Waals surface area contributed by atoms with E-state index < -0.39 is 0 Å². The number of fused-ring (bicyclic) bond motifs is 9. The van der Waals surface area contributed by atoms with Crippen LogP contribution in [0.2, 0.25) is 0 Å². The zero-order valence-electron chi connectivity index (χ0n) is 9.73. The van der Waals surface area contributed by atoms with Gasteiger partial charge in [0.25, 0.3) is 0 Å².